The standard InChI is InChI=1S/C14H18FN3O3/c1-16-13(19)11-8-17-5-6-18(11)14(20)9-3-4-10(15)12(7-9)21-2/h3-4,7,11,17H,5-6,8H2,1-2H3,(H,16,19). The van der Waals surface area contributed by atoms with Gasteiger partial charge in [-0.2, -0.15) is 0 Å². The maximum atomic E-state index is 13.4. The number of hydrogen-bond acceptors (Lipinski definition) is 4. The molecule has 7 heteroatoms. The molecule has 1 aliphatic heterocycles. The molecule has 0 bridgehead atoms. The zero-order valence-corrected chi connectivity index (χ0v) is 12.0. The summed E-state index contributed by atoms with van der Waals surface area (Å²) in [5, 5.41) is 5.62. The molecule has 0 spiro atoms. The van der Waals surface area contributed by atoms with Gasteiger partial charge in [0.1, 0.15) is 6.04 Å². The second-order valence-electron chi connectivity index (χ2n) is 4.68. The number of nitrogens with zero attached hydrogens (tertiary/aromatic N) is 1. The third kappa shape index (κ3) is 3.13. The van der Waals surface area contributed by atoms with Crippen LogP contribution >= 0.6 is 0 Å². The van der Waals surface area contributed by atoms with Crippen molar-refractivity contribution in [3.05, 3.63) is 29.6 Å². The summed E-state index contributed by atoms with van der Waals surface area (Å²) in [4.78, 5) is 25.9. The van der Waals surface area contributed by atoms with Crippen LogP contribution in [0.1, 0.15) is 10.4 Å². The summed E-state index contributed by atoms with van der Waals surface area (Å²) < 4.78 is 18.3. The number of rotatable bonds is 3. The van der Waals surface area contributed by atoms with Crippen molar-refractivity contribution in [1.82, 2.24) is 15.5 Å². The highest BCUT2D eigenvalue weighted by atomic mass is 19.1. The minimum absolute atomic E-state index is 0.00692. The van der Waals surface area contributed by atoms with E-state index in [0.29, 0.717) is 25.2 Å². The Balaban J connectivity index is 2.26. The normalized spacial score (nSPS) is 18.2. The van der Waals surface area contributed by atoms with Crippen LogP contribution in [-0.4, -0.2) is 56.5 Å². The lowest BCUT2D eigenvalue weighted by Gasteiger charge is -2.35. The van der Waals surface area contributed by atoms with Gasteiger partial charge < -0.3 is 20.3 Å². The molecule has 1 aromatic carbocycles. The molecule has 0 radical (unpaired) electrons. The molecule has 1 fully saturated rings. The Bertz CT molecular complexity index is 550. The van der Waals surface area contributed by atoms with Crippen molar-refractivity contribution in [2.45, 2.75) is 6.04 Å². The number of halogens is 1. The summed E-state index contributed by atoms with van der Waals surface area (Å²) in [6.45, 7) is 1.41. The molecule has 1 heterocycles. The van der Waals surface area contributed by atoms with E-state index in [9.17, 15) is 14.0 Å². The van der Waals surface area contributed by atoms with Crippen LogP contribution in [0, 0.1) is 5.82 Å². The number of piperazine rings is 1. The van der Waals surface area contributed by atoms with Crippen LogP contribution in [0.4, 0.5) is 4.39 Å². The van der Waals surface area contributed by atoms with E-state index >= 15 is 0 Å². The van der Waals surface area contributed by atoms with Crippen molar-refractivity contribution in [3.8, 4) is 5.75 Å². The van der Waals surface area contributed by atoms with Gasteiger partial charge in [-0.25, -0.2) is 4.39 Å². The minimum atomic E-state index is -0.577. The zero-order valence-electron chi connectivity index (χ0n) is 12.0. The van der Waals surface area contributed by atoms with E-state index in [4.69, 9.17) is 4.74 Å². The highest BCUT2D eigenvalue weighted by Gasteiger charge is 2.32. The van der Waals surface area contributed by atoms with Gasteiger partial charge in [-0.15, -0.1) is 0 Å². The van der Waals surface area contributed by atoms with Crippen LogP contribution in [0.3, 0.4) is 0 Å². The van der Waals surface area contributed by atoms with E-state index in [-0.39, 0.29) is 17.6 Å². The van der Waals surface area contributed by atoms with E-state index < -0.39 is 11.9 Å². The summed E-state index contributed by atoms with van der Waals surface area (Å²) in [6.07, 6.45) is 0. The fourth-order valence-electron chi connectivity index (χ4n) is 2.31. The highest BCUT2D eigenvalue weighted by Crippen LogP contribution is 2.20. The predicted octanol–water partition coefficient (Wildman–Crippen LogP) is -0.00570. The van der Waals surface area contributed by atoms with Gasteiger partial charge in [-0.05, 0) is 18.2 Å². The number of hydrogen-bond donors (Lipinski definition) is 2. The van der Waals surface area contributed by atoms with Crippen LogP contribution in [0.25, 0.3) is 0 Å². The fourth-order valence-corrected chi connectivity index (χ4v) is 2.31. The number of benzene rings is 1. The van der Waals surface area contributed by atoms with Crippen molar-refractivity contribution in [2.24, 2.45) is 0 Å². The molecule has 0 aromatic heterocycles. The fraction of sp³-hybridized carbons (Fsp3) is 0.429. The first-order valence-electron chi connectivity index (χ1n) is 6.65. The van der Waals surface area contributed by atoms with Gasteiger partial charge in [-0.1, -0.05) is 0 Å². The number of nitrogens with one attached hydrogen (secondary N) is 2. The highest BCUT2D eigenvalue weighted by molar-refractivity contribution is 5.98. The topological polar surface area (TPSA) is 70.7 Å². The monoisotopic (exact) mass is 295 g/mol. The minimum Gasteiger partial charge on any atom is -0.494 e. The maximum absolute atomic E-state index is 13.4. The Labute approximate surface area is 122 Å². The van der Waals surface area contributed by atoms with Crippen LogP contribution < -0.4 is 15.4 Å². The number of amides is 2. The van der Waals surface area contributed by atoms with Crippen molar-refractivity contribution in [3.63, 3.8) is 0 Å². The quantitative estimate of drug-likeness (QED) is 0.823. The molecule has 1 unspecified atom stereocenters. The summed E-state index contributed by atoms with van der Waals surface area (Å²) in [5.41, 5.74) is 0.295. The van der Waals surface area contributed by atoms with E-state index in [1.807, 2.05) is 0 Å². The lowest BCUT2D eigenvalue weighted by Crippen LogP contribution is -2.59. The van der Waals surface area contributed by atoms with Crippen LogP contribution in [0.2, 0.25) is 0 Å². The van der Waals surface area contributed by atoms with Gasteiger partial charge in [-0.3, -0.25) is 9.59 Å². The smallest absolute Gasteiger partial charge is 0.254 e. The van der Waals surface area contributed by atoms with Crippen molar-refractivity contribution >= 4 is 11.8 Å². The van der Waals surface area contributed by atoms with Gasteiger partial charge >= 0.3 is 0 Å². The number of likely N-dealkylation sites (N-methyl/N-ethyl adjacent to an activating group) is 1. The van der Waals surface area contributed by atoms with Gasteiger partial charge in [0, 0.05) is 32.2 Å². The Morgan fingerprint density at radius 3 is 2.90 bits per heavy atom. The molecule has 2 rings (SSSR count). The molecule has 21 heavy (non-hydrogen) atoms. The second kappa shape index (κ2) is 6.53. The van der Waals surface area contributed by atoms with Gasteiger partial charge in [0.15, 0.2) is 11.6 Å². The Morgan fingerprint density at radius 1 is 1.48 bits per heavy atom. The van der Waals surface area contributed by atoms with Crippen LogP contribution in [-0.2, 0) is 4.79 Å². The SMILES string of the molecule is CNC(=O)C1CNCCN1C(=O)c1ccc(F)c(OC)c1. The maximum Gasteiger partial charge on any atom is 0.254 e. The first kappa shape index (κ1) is 15.2. The lowest BCUT2D eigenvalue weighted by molar-refractivity contribution is -0.125. The molecule has 1 aliphatic rings. The summed E-state index contributed by atoms with van der Waals surface area (Å²) in [5.74, 6) is -1.07. The lowest BCUT2D eigenvalue weighted by atomic mass is 10.1. The second-order valence-corrected chi connectivity index (χ2v) is 4.68. The molecule has 2 amide bonds. The van der Waals surface area contributed by atoms with Crippen LogP contribution in [0.5, 0.6) is 5.75 Å². The third-order valence-electron chi connectivity index (χ3n) is 3.45. The van der Waals surface area contributed by atoms with E-state index in [1.54, 1.807) is 0 Å². The molecular formula is C14H18FN3O3. The molecule has 114 valence electrons. The number of carbonyl (C=O) groups is 2. The van der Waals surface area contributed by atoms with E-state index in [1.165, 1.54) is 37.3 Å². The van der Waals surface area contributed by atoms with Crippen molar-refractivity contribution in [1.29, 1.82) is 0 Å². The Morgan fingerprint density at radius 2 is 2.24 bits per heavy atom. The van der Waals surface area contributed by atoms with Gasteiger partial charge in [0.05, 0.1) is 7.11 Å². The molecule has 1 atom stereocenters. The number of ether oxygens (including phenoxy) is 1. The molecule has 1 aromatic rings. The van der Waals surface area contributed by atoms with Gasteiger partial charge in [0.25, 0.3) is 5.91 Å². The zero-order chi connectivity index (χ0) is 15.4. The van der Waals surface area contributed by atoms with E-state index in [2.05, 4.69) is 10.6 Å². The Hall–Kier alpha value is -2.15. The summed E-state index contributed by atoms with van der Waals surface area (Å²) in [6, 6.07) is 3.35. The molecule has 0 saturated carbocycles. The average molecular weight is 295 g/mol. The number of methoxy groups -OCH3 is 1. The Kier molecular flexibility index (Phi) is 4.74. The van der Waals surface area contributed by atoms with Crippen molar-refractivity contribution < 1.29 is 18.7 Å². The summed E-state index contributed by atoms with van der Waals surface area (Å²) in [7, 11) is 2.87. The average Bonchev–Trinajstić information content (AvgIpc) is 2.54. The first-order valence-corrected chi connectivity index (χ1v) is 6.65. The van der Waals surface area contributed by atoms with Crippen molar-refractivity contribution in [2.75, 3.05) is 33.8 Å². The molecule has 1 saturated heterocycles. The molecule has 2 N–H and O–H groups in total. The first-order chi connectivity index (χ1) is 10.1. The molecule has 6 nitrogen and oxygen atoms in total. The van der Waals surface area contributed by atoms with E-state index in [0.717, 1.165) is 0 Å². The largest absolute Gasteiger partial charge is 0.494 e. The third-order valence-corrected chi connectivity index (χ3v) is 3.45. The summed E-state index contributed by atoms with van der Waals surface area (Å²) >= 11 is 0. The molecule has 0 aliphatic carbocycles. The predicted molar refractivity (Wildman–Crippen MR) is 74.7 cm³/mol. The van der Waals surface area contributed by atoms with Gasteiger partial charge in [0.2, 0.25) is 5.91 Å². The molecular weight excluding hydrogens is 277 g/mol. The van der Waals surface area contributed by atoms with Crippen LogP contribution in [0.15, 0.2) is 18.2 Å². The number of carbonyl (C=O) groups excluding carboxylic acids is 2.